The number of carbonyl (C=O) groups is 1. The highest BCUT2D eigenvalue weighted by Gasteiger charge is 2.19. The van der Waals surface area contributed by atoms with Crippen LogP contribution < -0.4 is 15.2 Å². The Morgan fingerprint density at radius 1 is 1.20 bits per heavy atom. The molecule has 20 heavy (non-hydrogen) atoms. The topological polar surface area (TPSA) is 64.8 Å². The van der Waals surface area contributed by atoms with Crippen molar-refractivity contribution < 1.29 is 14.3 Å². The molecule has 0 saturated heterocycles. The van der Waals surface area contributed by atoms with E-state index in [4.69, 9.17) is 15.2 Å². The SMILES string of the molecule is COc1cccc(C(=O)N(C)CCCCCN)c1OC. The summed E-state index contributed by atoms with van der Waals surface area (Å²) in [5.74, 6) is 0.984. The third-order valence-electron chi connectivity index (χ3n) is 3.18. The first-order valence-corrected chi connectivity index (χ1v) is 6.82. The van der Waals surface area contributed by atoms with E-state index in [1.54, 1.807) is 37.3 Å². The Kier molecular flexibility index (Phi) is 6.87. The Bertz CT molecular complexity index is 435. The van der Waals surface area contributed by atoms with Gasteiger partial charge in [0, 0.05) is 13.6 Å². The van der Waals surface area contributed by atoms with Crippen molar-refractivity contribution >= 4 is 5.91 Å². The van der Waals surface area contributed by atoms with Crippen LogP contribution in [-0.4, -0.2) is 45.2 Å². The lowest BCUT2D eigenvalue weighted by molar-refractivity contribution is 0.0788. The van der Waals surface area contributed by atoms with Gasteiger partial charge in [0.05, 0.1) is 19.8 Å². The smallest absolute Gasteiger partial charge is 0.257 e. The Morgan fingerprint density at radius 3 is 2.55 bits per heavy atom. The van der Waals surface area contributed by atoms with Crippen molar-refractivity contribution in [3.63, 3.8) is 0 Å². The summed E-state index contributed by atoms with van der Waals surface area (Å²) >= 11 is 0. The number of amides is 1. The standard InChI is InChI=1S/C15H24N2O3/c1-17(11-6-4-5-10-16)15(18)12-8-7-9-13(19-2)14(12)20-3/h7-9H,4-6,10-11,16H2,1-3H3. The van der Waals surface area contributed by atoms with Crippen LogP contribution in [0.15, 0.2) is 18.2 Å². The number of para-hydroxylation sites is 1. The molecule has 5 nitrogen and oxygen atoms in total. The lowest BCUT2D eigenvalue weighted by atomic mass is 10.1. The first-order valence-electron chi connectivity index (χ1n) is 6.82. The van der Waals surface area contributed by atoms with E-state index >= 15 is 0 Å². The monoisotopic (exact) mass is 280 g/mol. The summed E-state index contributed by atoms with van der Waals surface area (Å²) in [5.41, 5.74) is 5.98. The molecule has 1 rings (SSSR count). The summed E-state index contributed by atoms with van der Waals surface area (Å²) in [7, 11) is 4.89. The van der Waals surface area contributed by atoms with Crippen LogP contribution in [0.5, 0.6) is 11.5 Å². The van der Waals surface area contributed by atoms with Gasteiger partial charge in [-0.3, -0.25) is 4.79 Å². The van der Waals surface area contributed by atoms with Crippen LogP contribution in [0, 0.1) is 0 Å². The maximum atomic E-state index is 12.4. The zero-order chi connectivity index (χ0) is 15.0. The second kappa shape index (κ2) is 8.43. The van der Waals surface area contributed by atoms with Crippen LogP contribution in [0.2, 0.25) is 0 Å². The molecule has 0 aliphatic rings. The van der Waals surface area contributed by atoms with Crippen LogP contribution in [0.25, 0.3) is 0 Å². The van der Waals surface area contributed by atoms with Crippen molar-refractivity contribution in [2.24, 2.45) is 5.73 Å². The van der Waals surface area contributed by atoms with E-state index in [9.17, 15) is 4.79 Å². The zero-order valence-electron chi connectivity index (χ0n) is 12.5. The fraction of sp³-hybridized carbons (Fsp3) is 0.533. The van der Waals surface area contributed by atoms with E-state index in [2.05, 4.69) is 0 Å². The largest absolute Gasteiger partial charge is 0.493 e. The maximum absolute atomic E-state index is 12.4. The molecule has 0 aliphatic carbocycles. The average Bonchev–Trinajstić information content (AvgIpc) is 2.49. The highest BCUT2D eigenvalue weighted by Crippen LogP contribution is 2.31. The van der Waals surface area contributed by atoms with Crippen molar-refractivity contribution in [2.75, 3.05) is 34.4 Å². The van der Waals surface area contributed by atoms with E-state index in [0.717, 1.165) is 19.3 Å². The quantitative estimate of drug-likeness (QED) is 0.739. The second-order valence-corrected chi connectivity index (χ2v) is 4.62. The van der Waals surface area contributed by atoms with Gasteiger partial charge in [-0.1, -0.05) is 12.5 Å². The zero-order valence-corrected chi connectivity index (χ0v) is 12.5. The van der Waals surface area contributed by atoms with Gasteiger partial charge < -0.3 is 20.1 Å². The molecule has 0 bridgehead atoms. The number of rotatable bonds is 8. The van der Waals surface area contributed by atoms with Crippen molar-refractivity contribution in [1.82, 2.24) is 4.90 Å². The number of ether oxygens (including phenoxy) is 2. The lowest BCUT2D eigenvalue weighted by Gasteiger charge is -2.19. The Morgan fingerprint density at radius 2 is 1.95 bits per heavy atom. The summed E-state index contributed by atoms with van der Waals surface area (Å²) in [6.45, 7) is 1.40. The van der Waals surface area contributed by atoms with Gasteiger partial charge in [-0.15, -0.1) is 0 Å². The van der Waals surface area contributed by atoms with Gasteiger partial charge in [0.2, 0.25) is 0 Å². The van der Waals surface area contributed by atoms with Gasteiger partial charge >= 0.3 is 0 Å². The third-order valence-corrected chi connectivity index (χ3v) is 3.18. The van der Waals surface area contributed by atoms with Crippen LogP contribution in [0.3, 0.4) is 0 Å². The molecule has 5 heteroatoms. The Balaban J connectivity index is 2.76. The summed E-state index contributed by atoms with van der Waals surface area (Å²) in [4.78, 5) is 14.1. The number of benzene rings is 1. The Hall–Kier alpha value is -1.75. The van der Waals surface area contributed by atoms with E-state index in [-0.39, 0.29) is 5.91 Å². The van der Waals surface area contributed by atoms with Crippen molar-refractivity contribution in [3.8, 4) is 11.5 Å². The minimum Gasteiger partial charge on any atom is -0.493 e. The minimum atomic E-state index is -0.0616. The summed E-state index contributed by atoms with van der Waals surface area (Å²) in [5, 5.41) is 0. The molecule has 0 saturated carbocycles. The molecular formula is C15H24N2O3. The number of hydrogen-bond acceptors (Lipinski definition) is 4. The molecule has 0 aliphatic heterocycles. The van der Waals surface area contributed by atoms with Crippen LogP contribution in [-0.2, 0) is 0 Å². The number of hydrogen-bond donors (Lipinski definition) is 1. The van der Waals surface area contributed by atoms with Crippen LogP contribution in [0.4, 0.5) is 0 Å². The van der Waals surface area contributed by atoms with E-state index < -0.39 is 0 Å². The predicted molar refractivity (Wildman–Crippen MR) is 79.4 cm³/mol. The minimum absolute atomic E-state index is 0.0616. The fourth-order valence-corrected chi connectivity index (χ4v) is 2.03. The normalized spacial score (nSPS) is 10.2. The molecule has 0 heterocycles. The molecule has 1 aromatic carbocycles. The van der Waals surface area contributed by atoms with Gasteiger partial charge in [-0.05, 0) is 31.5 Å². The van der Waals surface area contributed by atoms with Gasteiger partial charge in [0.25, 0.3) is 5.91 Å². The van der Waals surface area contributed by atoms with Gasteiger partial charge in [0.15, 0.2) is 11.5 Å². The fourth-order valence-electron chi connectivity index (χ4n) is 2.03. The van der Waals surface area contributed by atoms with E-state index in [0.29, 0.717) is 30.2 Å². The molecule has 0 aromatic heterocycles. The summed E-state index contributed by atoms with van der Waals surface area (Å²) < 4.78 is 10.5. The highest BCUT2D eigenvalue weighted by atomic mass is 16.5. The number of methoxy groups -OCH3 is 2. The molecule has 0 atom stereocenters. The predicted octanol–water partition coefficient (Wildman–Crippen LogP) is 1.90. The van der Waals surface area contributed by atoms with Gasteiger partial charge in [-0.25, -0.2) is 0 Å². The molecule has 2 N–H and O–H groups in total. The third kappa shape index (κ3) is 4.13. The van der Waals surface area contributed by atoms with Crippen LogP contribution in [0.1, 0.15) is 29.6 Å². The average molecular weight is 280 g/mol. The lowest BCUT2D eigenvalue weighted by Crippen LogP contribution is -2.28. The Labute approximate surface area is 120 Å². The summed E-state index contributed by atoms with van der Waals surface area (Å²) in [6.07, 6.45) is 2.97. The highest BCUT2D eigenvalue weighted by molar-refractivity contribution is 5.97. The first kappa shape index (κ1) is 16.3. The van der Waals surface area contributed by atoms with E-state index in [1.807, 2.05) is 0 Å². The maximum Gasteiger partial charge on any atom is 0.257 e. The van der Waals surface area contributed by atoms with Crippen LogP contribution >= 0.6 is 0 Å². The van der Waals surface area contributed by atoms with Crippen molar-refractivity contribution in [2.45, 2.75) is 19.3 Å². The molecule has 0 unspecified atom stereocenters. The van der Waals surface area contributed by atoms with Gasteiger partial charge in [0.1, 0.15) is 0 Å². The molecule has 0 radical (unpaired) electrons. The second-order valence-electron chi connectivity index (χ2n) is 4.62. The van der Waals surface area contributed by atoms with Gasteiger partial charge in [-0.2, -0.15) is 0 Å². The molecule has 1 amide bonds. The van der Waals surface area contributed by atoms with Crippen molar-refractivity contribution in [3.05, 3.63) is 23.8 Å². The first-order chi connectivity index (χ1) is 9.65. The number of carbonyl (C=O) groups excluding carboxylic acids is 1. The number of nitrogens with zero attached hydrogens (tertiary/aromatic N) is 1. The number of nitrogens with two attached hydrogens (primary N) is 1. The molecule has 0 spiro atoms. The molecule has 0 fully saturated rings. The van der Waals surface area contributed by atoms with Crippen molar-refractivity contribution in [1.29, 1.82) is 0 Å². The molecule has 1 aromatic rings. The summed E-state index contributed by atoms with van der Waals surface area (Å²) in [6, 6.07) is 5.31. The molecule has 112 valence electrons. The van der Waals surface area contributed by atoms with E-state index in [1.165, 1.54) is 7.11 Å². The molecular weight excluding hydrogens is 256 g/mol. The number of unbranched alkanes of at least 4 members (excludes halogenated alkanes) is 2.